The highest BCUT2D eigenvalue weighted by atomic mass is 16.5. The summed E-state index contributed by atoms with van der Waals surface area (Å²) in [6, 6.07) is 3.74. The number of hydrogen-bond acceptors (Lipinski definition) is 4. The number of ether oxygens (including phenoxy) is 1. The number of nitrogens with zero attached hydrogens (tertiary/aromatic N) is 2. The zero-order chi connectivity index (χ0) is 11.4. The van der Waals surface area contributed by atoms with Crippen molar-refractivity contribution in [2.24, 2.45) is 5.92 Å². The summed E-state index contributed by atoms with van der Waals surface area (Å²) < 4.78 is 5.47. The fourth-order valence-electron chi connectivity index (χ4n) is 2.15. The van der Waals surface area contributed by atoms with Crippen molar-refractivity contribution in [1.29, 1.82) is 0 Å². The maximum atomic E-state index is 5.89. The average Bonchev–Trinajstić information content (AvgIpc) is 2.31. The lowest BCUT2D eigenvalue weighted by Gasteiger charge is -2.28. The Bertz CT molecular complexity index is 337. The lowest BCUT2D eigenvalue weighted by atomic mass is 10.0. The van der Waals surface area contributed by atoms with Crippen LogP contribution in [0.5, 0.6) is 0 Å². The summed E-state index contributed by atoms with van der Waals surface area (Å²) in [5.41, 5.74) is 6.63. The maximum Gasteiger partial charge on any atom is 0.151 e. The number of pyridine rings is 1. The van der Waals surface area contributed by atoms with E-state index in [9.17, 15) is 0 Å². The highest BCUT2D eigenvalue weighted by molar-refractivity contribution is 5.61. The van der Waals surface area contributed by atoms with Crippen LogP contribution in [0.2, 0.25) is 0 Å². The molecular weight excluding hydrogens is 202 g/mol. The number of rotatable bonds is 3. The lowest BCUT2D eigenvalue weighted by Crippen LogP contribution is -2.31. The summed E-state index contributed by atoms with van der Waals surface area (Å²) in [4.78, 5) is 6.42. The van der Waals surface area contributed by atoms with Gasteiger partial charge in [-0.2, -0.15) is 0 Å². The maximum absolute atomic E-state index is 5.89. The average molecular weight is 221 g/mol. The Balaban J connectivity index is 1.96. The number of nitrogens with two attached hydrogens (primary N) is 1. The van der Waals surface area contributed by atoms with Crippen molar-refractivity contribution in [3.05, 3.63) is 18.3 Å². The predicted octanol–water partition coefficient (Wildman–Crippen LogP) is 1.53. The summed E-state index contributed by atoms with van der Waals surface area (Å²) in [5.74, 6) is 1.47. The van der Waals surface area contributed by atoms with E-state index in [4.69, 9.17) is 10.5 Å². The second-order valence-electron chi connectivity index (χ2n) is 4.38. The molecule has 4 heteroatoms. The van der Waals surface area contributed by atoms with Gasteiger partial charge in [-0.15, -0.1) is 0 Å². The largest absolute Gasteiger partial charge is 0.396 e. The third kappa shape index (κ3) is 2.64. The molecule has 0 aliphatic carbocycles. The summed E-state index contributed by atoms with van der Waals surface area (Å²) in [5, 5.41) is 0. The van der Waals surface area contributed by atoms with Gasteiger partial charge in [-0.3, -0.25) is 0 Å². The Morgan fingerprint density at radius 2 is 2.50 bits per heavy atom. The second-order valence-corrected chi connectivity index (χ2v) is 4.38. The van der Waals surface area contributed by atoms with Gasteiger partial charge in [0.25, 0.3) is 0 Å². The molecule has 1 aliphatic rings. The van der Waals surface area contributed by atoms with E-state index in [0.29, 0.717) is 5.92 Å². The van der Waals surface area contributed by atoms with E-state index in [-0.39, 0.29) is 0 Å². The highest BCUT2D eigenvalue weighted by Crippen LogP contribution is 2.21. The smallest absolute Gasteiger partial charge is 0.151 e. The van der Waals surface area contributed by atoms with Crippen LogP contribution in [0.4, 0.5) is 11.5 Å². The van der Waals surface area contributed by atoms with Crippen molar-refractivity contribution in [3.8, 4) is 0 Å². The molecule has 0 aromatic carbocycles. The van der Waals surface area contributed by atoms with Gasteiger partial charge < -0.3 is 15.4 Å². The molecule has 1 aromatic heterocycles. The Morgan fingerprint density at radius 1 is 1.62 bits per heavy atom. The van der Waals surface area contributed by atoms with Gasteiger partial charge >= 0.3 is 0 Å². The molecule has 0 amide bonds. The molecule has 1 unspecified atom stereocenters. The minimum absolute atomic E-state index is 0.597. The molecule has 0 radical (unpaired) electrons. The van der Waals surface area contributed by atoms with E-state index in [2.05, 4.69) is 9.88 Å². The topological polar surface area (TPSA) is 51.4 Å². The molecule has 16 heavy (non-hydrogen) atoms. The third-order valence-electron chi connectivity index (χ3n) is 2.97. The number of nitrogen functional groups attached to an aromatic ring is 1. The van der Waals surface area contributed by atoms with E-state index >= 15 is 0 Å². The Morgan fingerprint density at radius 3 is 3.19 bits per heavy atom. The Labute approximate surface area is 96.4 Å². The first kappa shape index (κ1) is 11.2. The molecule has 88 valence electrons. The molecule has 0 bridgehead atoms. The van der Waals surface area contributed by atoms with Crippen LogP contribution in [0.1, 0.15) is 12.8 Å². The Hall–Kier alpha value is -1.29. The van der Waals surface area contributed by atoms with Crippen molar-refractivity contribution >= 4 is 11.5 Å². The first-order chi connectivity index (χ1) is 7.77. The fourth-order valence-corrected chi connectivity index (χ4v) is 2.15. The zero-order valence-electron chi connectivity index (χ0n) is 9.72. The van der Waals surface area contributed by atoms with Gasteiger partial charge in [-0.05, 0) is 30.9 Å². The molecule has 1 aromatic rings. The molecule has 2 rings (SSSR count). The zero-order valence-corrected chi connectivity index (χ0v) is 9.72. The van der Waals surface area contributed by atoms with Gasteiger partial charge in [-0.25, -0.2) is 4.98 Å². The number of hydrogen-bond donors (Lipinski definition) is 1. The molecule has 2 heterocycles. The van der Waals surface area contributed by atoms with E-state index in [0.717, 1.165) is 37.7 Å². The van der Waals surface area contributed by atoms with Crippen molar-refractivity contribution in [2.45, 2.75) is 12.8 Å². The van der Waals surface area contributed by atoms with Crippen LogP contribution in [0, 0.1) is 5.92 Å². The SMILES string of the molecule is CN(CC1CCCOC1)c1ncccc1N. The fraction of sp³-hybridized carbons (Fsp3) is 0.583. The normalized spacial score (nSPS) is 20.7. The van der Waals surface area contributed by atoms with Crippen molar-refractivity contribution in [3.63, 3.8) is 0 Å². The monoisotopic (exact) mass is 221 g/mol. The summed E-state index contributed by atoms with van der Waals surface area (Å²) in [6.45, 7) is 2.73. The van der Waals surface area contributed by atoms with Crippen molar-refractivity contribution in [2.75, 3.05) is 37.4 Å². The standard InChI is InChI=1S/C12H19N3O/c1-15(8-10-4-3-7-16-9-10)12-11(13)5-2-6-14-12/h2,5-6,10H,3-4,7-9,13H2,1H3. The molecule has 0 spiro atoms. The van der Waals surface area contributed by atoms with Gasteiger partial charge in [-0.1, -0.05) is 0 Å². The van der Waals surface area contributed by atoms with Crippen LogP contribution in [0.15, 0.2) is 18.3 Å². The highest BCUT2D eigenvalue weighted by Gasteiger charge is 2.17. The van der Waals surface area contributed by atoms with Crippen LogP contribution in [0.3, 0.4) is 0 Å². The van der Waals surface area contributed by atoms with E-state index < -0.39 is 0 Å². The van der Waals surface area contributed by atoms with Crippen LogP contribution in [-0.2, 0) is 4.74 Å². The van der Waals surface area contributed by atoms with Gasteiger partial charge in [0.15, 0.2) is 5.82 Å². The first-order valence-corrected chi connectivity index (χ1v) is 5.76. The predicted molar refractivity (Wildman–Crippen MR) is 65.5 cm³/mol. The van der Waals surface area contributed by atoms with E-state index in [1.54, 1.807) is 6.20 Å². The van der Waals surface area contributed by atoms with Crippen LogP contribution in [-0.4, -0.2) is 31.8 Å². The van der Waals surface area contributed by atoms with Crippen LogP contribution in [0.25, 0.3) is 0 Å². The molecule has 2 N–H and O–H groups in total. The quantitative estimate of drug-likeness (QED) is 0.841. The van der Waals surface area contributed by atoms with Crippen molar-refractivity contribution in [1.82, 2.24) is 4.98 Å². The van der Waals surface area contributed by atoms with Gasteiger partial charge in [0, 0.05) is 26.4 Å². The minimum atomic E-state index is 0.597. The molecule has 1 aliphatic heterocycles. The number of anilines is 2. The summed E-state index contributed by atoms with van der Waals surface area (Å²) in [6.07, 6.45) is 4.17. The number of aromatic nitrogens is 1. The van der Waals surface area contributed by atoms with Gasteiger partial charge in [0.2, 0.25) is 0 Å². The van der Waals surface area contributed by atoms with Crippen LogP contribution < -0.4 is 10.6 Å². The molecule has 1 atom stereocenters. The molecular formula is C12H19N3O. The van der Waals surface area contributed by atoms with E-state index in [1.165, 1.54) is 6.42 Å². The van der Waals surface area contributed by atoms with E-state index in [1.807, 2.05) is 19.2 Å². The first-order valence-electron chi connectivity index (χ1n) is 5.76. The second kappa shape index (κ2) is 5.16. The third-order valence-corrected chi connectivity index (χ3v) is 2.97. The molecule has 1 fully saturated rings. The Kier molecular flexibility index (Phi) is 3.62. The molecule has 0 saturated carbocycles. The lowest BCUT2D eigenvalue weighted by molar-refractivity contribution is 0.0576. The van der Waals surface area contributed by atoms with Crippen molar-refractivity contribution < 1.29 is 4.74 Å². The minimum Gasteiger partial charge on any atom is -0.396 e. The molecule has 4 nitrogen and oxygen atoms in total. The molecule has 1 saturated heterocycles. The van der Waals surface area contributed by atoms with Gasteiger partial charge in [0.1, 0.15) is 0 Å². The summed E-state index contributed by atoms with van der Waals surface area (Å²) in [7, 11) is 2.04. The summed E-state index contributed by atoms with van der Waals surface area (Å²) >= 11 is 0. The van der Waals surface area contributed by atoms with Crippen LogP contribution >= 0.6 is 0 Å². The van der Waals surface area contributed by atoms with Gasteiger partial charge in [0.05, 0.1) is 12.3 Å².